The number of aryl methyl sites for hydroxylation is 1. The van der Waals surface area contributed by atoms with Crippen LogP contribution in [0.25, 0.3) is 0 Å². The highest BCUT2D eigenvalue weighted by molar-refractivity contribution is 6.87. The Bertz CT molecular complexity index is 854. The summed E-state index contributed by atoms with van der Waals surface area (Å²) in [5.74, 6) is 1.61. The van der Waals surface area contributed by atoms with E-state index < -0.39 is 8.07 Å². The molecule has 0 spiro atoms. The van der Waals surface area contributed by atoms with Crippen LogP contribution in [0.4, 0.5) is 4.79 Å². The molecule has 1 saturated carbocycles. The predicted octanol–water partition coefficient (Wildman–Crippen LogP) is 6.67. The first-order valence-electron chi connectivity index (χ1n) is 11.8. The number of allylic oxidation sites excluding steroid dienone is 1. The lowest BCUT2D eigenvalue weighted by Gasteiger charge is -2.40. The molecule has 31 heavy (non-hydrogen) atoms. The Balaban J connectivity index is 1.95. The smallest absolute Gasteiger partial charge is 0.414 e. The van der Waals surface area contributed by atoms with Gasteiger partial charge in [-0.05, 0) is 53.8 Å². The van der Waals surface area contributed by atoms with Gasteiger partial charge in [0.15, 0.2) is 5.78 Å². The summed E-state index contributed by atoms with van der Waals surface area (Å²) >= 11 is 0. The van der Waals surface area contributed by atoms with E-state index in [1.807, 2.05) is 37.4 Å². The summed E-state index contributed by atoms with van der Waals surface area (Å²) in [5.41, 5.74) is 2.12. The van der Waals surface area contributed by atoms with Crippen LogP contribution in [0.3, 0.4) is 0 Å². The number of rotatable bonds is 4. The van der Waals surface area contributed by atoms with Crippen molar-refractivity contribution in [1.29, 1.82) is 0 Å². The molecule has 3 rings (SSSR count). The molecule has 0 unspecified atom stereocenters. The molecule has 5 heteroatoms. The predicted molar refractivity (Wildman–Crippen MR) is 128 cm³/mol. The topological polar surface area (TPSA) is 46.6 Å². The average Bonchev–Trinajstić information content (AvgIpc) is 2.67. The van der Waals surface area contributed by atoms with Crippen LogP contribution in [0.2, 0.25) is 19.6 Å². The van der Waals surface area contributed by atoms with Gasteiger partial charge in [-0.3, -0.25) is 9.69 Å². The van der Waals surface area contributed by atoms with Crippen LogP contribution in [-0.2, 0) is 9.53 Å². The van der Waals surface area contributed by atoms with Crippen molar-refractivity contribution in [1.82, 2.24) is 4.90 Å². The van der Waals surface area contributed by atoms with Crippen LogP contribution in [0.1, 0.15) is 63.6 Å². The largest absolute Gasteiger partial charge is 0.446 e. The summed E-state index contributed by atoms with van der Waals surface area (Å²) in [5, 5.41) is 0.826. The molecule has 1 aromatic carbocycles. The van der Waals surface area contributed by atoms with Gasteiger partial charge in [-0.15, -0.1) is 0 Å². The van der Waals surface area contributed by atoms with E-state index in [0.29, 0.717) is 24.2 Å². The summed E-state index contributed by atoms with van der Waals surface area (Å²) in [6.07, 6.45) is 5.00. The van der Waals surface area contributed by atoms with Crippen LogP contribution < -0.4 is 0 Å². The lowest BCUT2D eigenvalue weighted by Crippen LogP contribution is -2.44. The maximum absolute atomic E-state index is 13.6. The van der Waals surface area contributed by atoms with E-state index in [4.69, 9.17) is 4.74 Å². The molecular weight excluding hydrogens is 402 g/mol. The summed E-state index contributed by atoms with van der Waals surface area (Å²) in [4.78, 5) is 28.4. The van der Waals surface area contributed by atoms with Crippen LogP contribution in [0.5, 0.6) is 0 Å². The molecule has 4 atom stereocenters. The zero-order valence-electron chi connectivity index (χ0n) is 20.3. The summed E-state index contributed by atoms with van der Waals surface area (Å²) < 4.78 is 6.21. The highest BCUT2D eigenvalue weighted by Gasteiger charge is 2.40. The van der Waals surface area contributed by atoms with E-state index in [-0.39, 0.29) is 24.0 Å². The molecule has 1 aliphatic carbocycles. The molecule has 1 heterocycles. The third-order valence-electron chi connectivity index (χ3n) is 7.06. The molecule has 170 valence electrons. The lowest BCUT2D eigenvalue weighted by molar-refractivity contribution is -0.116. The van der Waals surface area contributed by atoms with Crippen molar-refractivity contribution in [2.75, 3.05) is 0 Å². The molecule has 0 aromatic heterocycles. The SMILES string of the molecule is Cc1ccccc1[C@@H]1CC(=O)C([Si](C)(C)C)=CN1C(=O)O[C@@H]1C[C@H](C)CC[C@H]1C(C)C. The van der Waals surface area contributed by atoms with Crippen LogP contribution in [0, 0.1) is 24.7 Å². The number of ether oxygens (including phenoxy) is 1. The minimum Gasteiger partial charge on any atom is -0.446 e. The second-order valence-corrected chi connectivity index (χ2v) is 16.0. The Hall–Kier alpha value is -1.88. The van der Waals surface area contributed by atoms with Crippen molar-refractivity contribution in [3.05, 3.63) is 46.8 Å². The normalized spacial score (nSPS) is 27.3. The molecular formula is C26H39NO3Si. The molecule has 1 aliphatic heterocycles. The van der Waals surface area contributed by atoms with E-state index in [1.165, 1.54) is 6.42 Å². The van der Waals surface area contributed by atoms with Crippen LogP contribution in [-0.4, -0.2) is 31.0 Å². The number of ketones is 1. The minimum atomic E-state index is -1.88. The summed E-state index contributed by atoms with van der Waals surface area (Å²) in [7, 11) is -1.88. The van der Waals surface area contributed by atoms with Crippen molar-refractivity contribution in [2.45, 2.75) is 85.2 Å². The highest BCUT2D eigenvalue weighted by atomic mass is 28.3. The molecule has 0 radical (unpaired) electrons. The monoisotopic (exact) mass is 441 g/mol. The van der Waals surface area contributed by atoms with E-state index >= 15 is 0 Å². The zero-order valence-corrected chi connectivity index (χ0v) is 21.3. The van der Waals surface area contributed by atoms with E-state index in [1.54, 1.807) is 4.90 Å². The van der Waals surface area contributed by atoms with Crippen molar-refractivity contribution in [3.8, 4) is 0 Å². The summed E-state index contributed by atoms with van der Waals surface area (Å²) in [6, 6.07) is 7.73. The number of Topliss-reactive ketones (excluding diaryl/α,β-unsaturated/α-hetero) is 1. The molecule has 2 aliphatic rings. The second-order valence-electron chi connectivity index (χ2n) is 10.9. The van der Waals surface area contributed by atoms with Gasteiger partial charge in [0.1, 0.15) is 6.10 Å². The number of benzene rings is 1. The van der Waals surface area contributed by atoms with Crippen molar-refractivity contribution >= 4 is 20.0 Å². The Kier molecular flexibility index (Phi) is 7.14. The molecule has 4 nitrogen and oxygen atoms in total. The molecule has 0 bridgehead atoms. The highest BCUT2D eigenvalue weighted by Crippen LogP contribution is 2.39. The van der Waals surface area contributed by atoms with Gasteiger partial charge in [0.05, 0.1) is 14.1 Å². The number of carbonyl (C=O) groups excluding carboxylic acids is 2. The maximum Gasteiger partial charge on any atom is 0.414 e. The first kappa shape index (κ1) is 23.8. The number of hydrogen-bond acceptors (Lipinski definition) is 3. The van der Waals surface area contributed by atoms with Crippen molar-refractivity contribution in [2.24, 2.45) is 17.8 Å². The fourth-order valence-electron chi connectivity index (χ4n) is 5.14. The Morgan fingerprint density at radius 3 is 2.45 bits per heavy atom. The lowest BCUT2D eigenvalue weighted by atomic mass is 9.75. The second kappa shape index (κ2) is 9.31. The molecule has 0 N–H and O–H groups in total. The van der Waals surface area contributed by atoms with Gasteiger partial charge < -0.3 is 4.74 Å². The average molecular weight is 442 g/mol. The summed E-state index contributed by atoms with van der Waals surface area (Å²) in [6.45, 7) is 15.2. The maximum atomic E-state index is 13.6. The van der Waals surface area contributed by atoms with Gasteiger partial charge in [0.25, 0.3) is 0 Å². The number of carbonyl (C=O) groups is 2. The molecule has 0 saturated heterocycles. The first-order chi connectivity index (χ1) is 14.5. The Morgan fingerprint density at radius 2 is 1.84 bits per heavy atom. The first-order valence-corrected chi connectivity index (χ1v) is 15.3. The quantitative estimate of drug-likeness (QED) is 0.490. The molecule has 1 amide bonds. The van der Waals surface area contributed by atoms with Gasteiger partial charge in [0.2, 0.25) is 0 Å². The van der Waals surface area contributed by atoms with Crippen LogP contribution >= 0.6 is 0 Å². The fraction of sp³-hybridized carbons (Fsp3) is 0.615. The molecule has 1 fully saturated rings. The third-order valence-corrected chi connectivity index (χ3v) is 9.09. The fourth-order valence-corrected chi connectivity index (χ4v) is 6.60. The van der Waals surface area contributed by atoms with Gasteiger partial charge in [-0.25, -0.2) is 4.79 Å². The number of amides is 1. The van der Waals surface area contributed by atoms with E-state index in [9.17, 15) is 9.59 Å². The van der Waals surface area contributed by atoms with Crippen molar-refractivity contribution < 1.29 is 14.3 Å². The van der Waals surface area contributed by atoms with Gasteiger partial charge in [-0.1, -0.05) is 71.1 Å². The standard InChI is InChI=1S/C26H39NO3Si/c1-17(2)20-13-12-18(3)14-24(20)30-26(29)27-16-25(31(5,6)7)23(28)15-22(27)21-11-9-8-10-19(21)4/h8-11,16-18,20,22,24H,12-15H2,1-7H3/t18-,20+,22+,24-/m1/s1. The Labute approximate surface area is 189 Å². The van der Waals surface area contributed by atoms with Crippen molar-refractivity contribution in [3.63, 3.8) is 0 Å². The third kappa shape index (κ3) is 5.31. The molecule has 1 aromatic rings. The minimum absolute atomic E-state index is 0.0601. The van der Waals surface area contributed by atoms with E-state index in [2.05, 4.69) is 40.4 Å². The van der Waals surface area contributed by atoms with Gasteiger partial charge in [-0.2, -0.15) is 0 Å². The van der Waals surface area contributed by atoms with Gasteiger partial charge >= 0.3 is 6.09 Å². The van der Waals surface area contributed by atoms with Gasteiger partial charge in [0, 0.05) is 12.6 Å². The zero-order chi connectivity index (χ0) is 22.9. The van der Waals surface area contributed by atoms with E-state index in [0.717, 1.165) is 29.2 Å². The van der Waals surface area contributed by atoms with Crippen LogP contribution in [0.15, 0.2) is 35.7 Å². The number of nitrogens with zero attached hydrogens (tertiary/aromatic N) is 1. The Morgan fingerprint density at radius 1 is 1.16 bits per heavy atom. The number of hydrogen-bond donors (Lipinski definition) is 0.